The van der Waals surface area contributed by atoms with Crippen LogP contribution in [0, 0.1) is 0 Å². The van der Waals surface area contributed by atoms with Crippen LogP contribution >= 0.6 is 11.6 Å². The third kappa shape index (κ3) is 3.75. The Morgan fingerprint density at radius 1 is 1.00 bits per heavy atom. The van der Waals surface area contributed by atoms with Crippen LogP contribution in [-0.4, -0.2) is 33.3 Å². The number of nitrogens with one attached hydrogen (secondary N) is 1. The molecule has 0 unspecified atom stereocenters. The Bertz CT molecular complexity index is 1780. The number of imidazole rings is 1. The number of rotatable bonds is 4. The van der Waals surface area contributed by atoms with Crippen LogP contribution in [0.2, 0.25) is 5.02 Å². The van der Waals surface area contributed by atoms with Crippen LogP contribution < -0.4 is 21.2 Å². The van der Waals surface area contributed by atoms with Gasteiger partial charge in [0, 0.05) is 39.7 Å². The minimum absolute atomic E-state index is 0.0258. The number of halogens is 4. The summed E-state index contributed by atoms with van der Waals surface area (Å²) in [5.74, 6) is 0.263. The zero-order valence-corrected chi connectivity index (χ0v) is 19.6. The van der Waals surface area contributed by atoms with Gasteiger partial charge in [-0.05, 0) is 6.07 Å². The number of fused-ring (bicyclic) bond motifs is 2. The molecular formula is C21H16ClF3N8O3. The van der Waals surface area contributed by atoms with Crippen molar-refractivity contribution in [2.45, 2.75) is 6.18 Å². The molecule has 0 spiro atoms. The highest BCUT2D eigenvalue weighted by Gasteiger charge is 2.32. The normalized spacial score (nSPS) is 12.0. The van der Waals surface area contributed by atoms with Gasteiger partial charge in [-0.25, -0.2) is 9.50 Å². The zero-order valence-electron chi connectivity index (χ0n) is 18.8. The number of anilines is 2. The van der Waals surface area contributed by atoms with Crippen molar-refractivity contribution in [1.29, 1.82) is 0 Å². The molecule has 0 bridgehead atoms. The molecular weight excluding hydrogens is 505 g/mol. The van der Waals surface area contributed by atoms with E-state index in [0.29, 0.717) is 12.3 Å². The van der Waals surface area contributed by atoms with Gasteiger partial charge in [0.2, 0.25) is 5.95 Å². The van der Waals surface area contributed by atoms with E-state index < -0.39 is 17.3 Å². The molecule has 15 heteroatoms. The molecule has 0 aliphatic carbocycles. The fourth-order valence-corrected chi connectivity index (χ4v) is 3.92. The standard InChI is InChI=1S/C21H16ClF3N8O3/c1-30-4-5-33-15(19(30)35)13(8-27-33)36-12-7-26-17-16(14(12)22)32(3)20(29-17)28-11-6-10(21(23,24)25)9-31(2)18(11)34/h4-9H,1-3H3,(H,26,28,29). The van der Waals surface area contributed by atoms with Gasteiger partial charge in [0.05, 0.1) is 18.0 Å². The lowest BCUT2D eigenvalue weighted by atomic mass is 10.2. The molecule has 0 saturated heterocycles. The highest BCUT2D eigenvalue weighted by atomic mass is 35.5. The number of ether oxygens (including phenoxy) is 1. The first-order valence-electron chi connectivity index (χ1n) is 10.2. The highest BCUT2D eigenvalue weighted by molar-refractivity contribution is 6.36. The number of hydrogen-bond donors (Lipinski definition) is 1. The molecule has 0 fully saturated rings. The van der Waals surface area contributed by atoms with Crippen molar-refractivity contribution in [3.63, 3.8) is 0 Å². The van der Waals surface area contributed by atoms with Gasteiger partial charge in [0.1, 0.15) is 16.2 Å². The van der Waals surface area contributed by atoms with Crippen LogP contribution in [0.1, 0.15) is 5.56 Å². The van der Waals surface area contributed by atoms with Crippen LogP contribution in [0.4, 0.5) is 24.8 Å². The summed E-state index contributed by atoms with van der Waals surface area (Å²) in [4.78, 5) is 33.4. The van der Waals surface area contributed by atoms with Crippen molar-refractivity contribution in [3.05, 3.63) is 68.3 Å². The summed E-state index contributed by atoms with van der Waals surface area (Å²) in [7, 11) is 4.34. The van der Waals surface area contributed by atoms with E-state index in [1.165, 1.54) is 40.1 Å². The number of aryl methyl sites for hydroxylation is 3. The third-order valence-corrected chi connectivity index (χ3v) is 5.86. The smallest absolute Gasteiger partial charge is 0.417 e. The minimum atomic E-state index is -4.65. The topological polar surface area (TPSA) is 113 Å². The largest absolute Gasteiger partial charge is 0.450 e. The van der Waals surface area contributed by atoms with Crippen molar-refractivity contribution in [1.82, 2.24) is 33.3 Å². The molecule has 5 heterocycles. The van der Waals surface area contributed by atoms with Gasteiger partial charge in [-0.1, -0.05) is 11.6 Å². The quantitative estimate of drug-likeness (QED) is 0.387. The van der Waals surface area contributed by atoms with Crippen molar-refractivity contribution < 1.29 is 17.9 Å². The van der Waals surface area contributed by atoms with Crippen molar-refractivity contribution >= 4 is 39.9 Å². The van der Waals surface area contributed by atoms with Gasteiger partial charge < -0.3 is 23.8 Å². The number of nitrogens with zero attached hydrogens (tertiary/aromatic N) is 7. The Balaban J connectivity index is 1.56. The Labute approximate surface area is 203 Å². The number of alkyl halides is 3. The Morgan fingerprint density at radius 3 is 2.47 bits per heavy atom. The van der Waals surface area contributed by atoms with Crippen LogP contribution in [-0.2, 0) is 27.3 Å². The summed E-state index contributed by atoms with van der Waals surface area (Å²) in [6.45, 7) is 0. The van der Waals surface area contributed by atoms with Crippen LogP contribution in [0.15, 0.2) is 46.6 Å². The van der Waals surface area contributed by atoms with E-state index in [2.05, 4.69) is 20.4 Å². The summed E-state index contributed by atoms with van der Waals surface area (Å²) < 4.78 is 50.5. The van der Waals surface area contributed by atoms with Gasteiger partial charge in [-0.2, -0.15) is 23.3 Å². The molecule has 0 radical (unpaired) electrons. The monoisotopic (exact) mass is 520 g/mol. The summed E-state index contributed by atoms with van der Waals surface area (Å²) in [6, 6.07) is 0.705. The maximum atomic E-state index is 13.2. The molecule has 0 saturated carbocycles. The minimum Gasteiger partial charge on any atom is -0.450 e. The van der Waals surface area contributed by atoms with E-state index in [9.17, 15) is 22.8 Å². The molecule has 11 nitrogen and oxygen atoms in total. The molecule has 0 aliphatic rings. The fourth-order valence-electron chi connectivity index (χ4n) is 3.63. The first-order valence-corrected chi connectivity index (χ1v) is 10.6. The maximum Gasteiger partial charge on any atom is 0.417 e. The van der Waals surface area contributed by atoms with Gasteiger partial charge in [-0.15, -0.1) is 0 Å². The van der Waals surface area contributed by atoms with Crippen LogP contribution in [0.25, 0.3) is 16.7 Å². The Kier molecular flexibility index (Phi) is 5.28. The van der Waals surface area contributed by atoms with E-state index in [1.807, 2.05) is 0 Å². The first-order chi connectivity index (χ1) is 17.0. The van der Waals surface area contributed by atoms with Crippen molar-refractivity contribution in [2.24, 2.45) is 21.1 Å². The molecule has 0 atom stereocenters. The van der Waals surface area contributed by atoms with Crippen LogP contribution in [0.5, 0.6) is 11.5 Å². The SMILES string of the molecule is Cn1cc(C(F)(F)F)cc(Nc2nc3ncc(Oc4cnn5ccn(C)c(=O)c45)c(Cl)c3n2C)c1=O. The summed E-state index contributed by atoms with van der Waals surface area (Å²) in [5, 5.41) is 6.80. The maximum absolute atomic E-state index is 13.2. The number of hydrogen-bond acceptors (Lipinski definition) is 7. The van der Waals surface area contributed by atoms with Crippen molar-refractivity contribution in [3.8, 4) is 11.5 Å². The molecule has 0 aromatic carbocycles. The molecule has 5 aromatic heterocycles. The van der Waals surface area contributed by atoms with E-state index in [1.54, 1.807) is 19.4 Å². The average molecular weight is 521 g/mol. The summed E-state index contributed by atoms with van der Waals surface area (Å²) >= 11 is 6.57. The van der Waals surface area contributed by atoms with Gasteiger partial charge in [0.15, 0.2) is 22.7 Å². The molecule has 0 amide bonds. The second-order valence-electron chi connectivity index (χ2n) is 7.90. The fraction of sp³-hybridized carbons (Fsp3) is 0.190. The molecule has 36 heavy (non-hydrogen) atoms. The van der Waals surface area contributed by atoms with E-state index in [0.717, 1.165) is 4.57 Å². The van der Waals surface area contributed by atoms with E-state index in [-0.39, 0.29) is 50.4 Å². The highest BCUT2D eigenvalue weighted by Crippen LogP contribution is 2.36. The summed E-state index contributed by atoms with van der Waals surface area (Å²) in [6.07, 6.45) is 1.85. The van der Waals surface area contributed by atoms with Gasteiger partial charge in [0.25, 0.3) is 11.1 Å². The van der Waals surface area contributed by atoms with Gasteiger partial charge in [-0.3, -0.25) is 9.59 Å². The average Bonchev–Trinajstić information content (AvgIpc) is 3.36. The molecule has 5 aromatic rings. The lowest BCUT2D eigenvalue weighted by Gasteiger charge is -2.12. The summed E-state index contributed by atoms with van der Waals surface area (Å²) in [5.41, 5.74) is -1.75. The number of pyridine rings is 2. The first kappa shape index (κ1) is 23.4. The predicted octanol–water partition coefficient (Wildman–Crippen LogP) is 3.22. The second kappa shape index (κ2) is 8.12. The van der Waals surface area contributed by atoms with E-state index in [4.69, 9.17) is 16.3 Å². The van der Waals surface area contributed by atoms with Crippen molar-refractivity contribution in [2.75, 3.05) is 5.32 Å². The van der Waals surface area contributed by atoms with Crippen LogP contribution in [0.3, 0.4) is 0 Å². The second-order valence-corrected chi connectivity index (χ2v) is 8.28. The predicted molar refractivity (Wildman–Crippen MR) is 124 cm³/mol. The molecule has 0 aliphatic heterocycles. The lowest BCUT2D eigenvalue weighted by Crippen LogP contribution is -2.23. The Morgan fingerprint density at radius 2 is 1.75 bits per heavy atom. The number of aromatic nitrogens is 7. The lowest BCUT2D eigenvalue weighted by molar-refractivity contribution is -0.138. The molecule has 1 N–H and O–H groups in total. The third-order valence-electron chi connectivity index (χ3n) is 5.50. The molecule has 186 valence electrons. The van der Waals surface area contributed by atoms with E-state index >= 15 is 0 Å². The zero-order chi connectivity index (χ0) is 25.9. The Hall–Kier alpha value is -4.33. The molecule has 5 rings (SSSR count). The van der Waals surface area contributed by atoms with Gasteiger partial charge >= 0.3 is 6.18 Å².